The van der Waals surface area contributed by atoms with Crippen molar-refractivity contribution < 1.29 is 0 Å². The van der Waals surface area contributed by atoms with Crippen LogP contribution in [-0.4, -0.2) is 4.98 Å². The molecule has 0 saturated heterocycles. The van der Waals surface area contributed by atoms with Crippen LogP contribution >= 0.6 is 11.3 Å². The van der Waals surface area contributed by atoms with Crippen molar-refractivity contribution in [3.8, 4) is 0 Å². The van der Waals surface area contributed by atoms with E-state index in [-0.39, 0.29) is 0 Å². The predicted octanol–water partition coefficient (Wildman–Crippen LogP) is 3.68. The Morgan fingerprint density at radius 1 is 1.19 bits per heavy atom. The van der Waals surface area contributed by atoms with Gasteiger partial charge in [0.15, 0.2) is 0 Å². The molecule has 0 radical (unpaired) electrons. The fraction of sp³-hybridized carbons (Fsp3) is 0.308. The number of para-hydroxylation sites is 1. The summed E-state index contributed by atoms with van der Waals surface area (Å²) >= 11 is 1.71. The molecule has 0 fully saturated rings. The van der Waals surface area contributed by atoms with E-state index in [9.17, 15) is 0 Å². The van der Waals surface area contributed by atoms with Crippen molar-refractivity contribution in [3.05, 3.63) is 45.4 Å². The number of rotatable bonds is 3. The minimum absolute atomic E-state index is 0.863. The Kier molecular flexibility index (Phi) is 3.25. The lowest BCUT2D eigenvalue weighted by atomic mass is 10.1. The summed E-state index contributed by atoms with van der Waals surface area (Å²) in [6.45, 7) is 7.18. The van der Waals surface area contributed by atoms with Crippen LogP contribution in [0.5, 0.6) is 0 Å². The first kappa shape index (κ1) is 11.1. The largest absolute Gasteiger partial charge is 0.380 e. The van der Waals surface area contributed by atoms with E-state index in [2.05, 4.69) is 49.3 Å². The predicted molar refractivity (Wildman–Crippen MR) is 70.1 cm³/mol. The molecule has 0 aliphatic heterocycles. The van der Waals surface area contributed by atoms with E-state index in [4.69, 9.17) is 0 Å². The molecule has 1 aromatic carbocycles. The molecule has 2 nitrogen and oxygen atoms in total. The van der Waals surface area contributed by atoms with Crippen LogP contribution in [0, 0.1) is 20.8 Å². The second kappa shape index (κ2) is 4.66. The molecule has 3 heteroatoms. The zero-order valence-electron chi connectivity index (χ0n) is 9.87. The zero-order valence-corrected chi connectivity index (χ0v) is 10.7. The first-order chi connectivity index (χ1) is 7.68. The molecule has 1 N–H and O–H groups in total. The van der Waals surface area contributed by atoms with Gasteiger partial charge in [-0.05, 0) is 31.9 Å². The molecule has 0 atom stereocenters. The fourth-order valence-electron chi connectivity index (χ4n) is 1.76. The van der Waals surface area contributed by atoms with E-state index in [1.807, 2.05) is 5.51 Å². The number of benzene rings is 1. The van der Waals surface area contributed by atoms with Gasteiger partial charge in [0.25, 0.3) is 0 Å². The lowest BCUT2D eigenvalue weighted by molar-refractivity contribution is 1.11. The molecule has 1 heterocycles. The second-order valence-corrected chi connectivity index (χ2v) is 4.92. The highest BCUT2D eigenvalue weighted by atomic mass is 32.1. The highest BCUT2D eigenvalue weighted by Crippen LogP contribution is 2.21. The van der Waals surface area contributed by atoms with E-state index in [1.165, 1.54) is 21.7 Å². The third kappa shape index (κ3) is 2.25. The SMILES string of the molecule is Cc1cccc(C)c1NCc1scnc1C. The summed E-state index contributed by atoms with van der Waals surface area (Å²) in [7, 11) is 0. The van der Waals surface area contributed by atoms with E-state index < -0.39 is 0 Å². The third-order valence-electron chi connectivity index (χ3n) is 2.75. The molecule has 0 bridgehead atoms. The summed E-state index contributed by atoms with van der Waals surface area (Å²) in [6, 6.07) is 6.36. The van der Waals surface area contributed by atoms with E-state index in [1.54, 1.807) is 11.3 Å². The molecule has 2 rings (SSSR count). The highest BCUT2D eigenvalue weighted by Gasteiger charge is 2.04. The van der Waals surface area contributed by atoms with E-state index >= 15 is 0 Å². The van der Waals surface area contributed by atoms with Crippen molar-refractivity contribution in [1.82, 2.24) is 4.98 Å². The minimum atomic E-state index is 0.863. The van der Waals surface area contributed by atoms with Gasteiger partial charge in [-0.3, -0.25) is 0 Å². The Bertz CT molecular complexity index is 468. The Morgan fingerprint density at radius 3 is 2.44 bits per heavy atom. The summed E-state index contributed by atoms with van der Waals surface area (Å²) in [5, 5.41) is 3.49. The Balaban J connectivity index is 2.14. The van der Waals surface area contributed by atoms with Crippen LogP contribution in [0.15, 0.2) is 23.7 Å². The fourth-order valence-corrected chi connectivity index (χ4v) is 2.47. The van der Waals surface area contributed by atoms with Crippen molar-refractivity contribution in [1.29, 1.82) is 0 Å². The van der Waals surface area contributed by atoms with Crippen molar-refractivity contribution >= 4 is 17.0 Å². The second-order valence-electron chi connectivity index (χ2n) is 3.98. The van der Waals surface area contributed by atoms with Gasteiger partial charge in [-0.2, -0.15) is 0 Å². The third-order valence-corrected chi connectivity index (χ3v) is 3.69. The number of nitrogens with one attached hydrogen (secondary N) is 1. The van der Waals surface area contributed by atoms with Crippen LogP contribution in [0.4, 0.5) is 5.69 Å². The van der Waals surface area contributed by atoms with Gasteiger partial charge in [-0.25, -0.2) is 4.98 Å². The summed E-state index contributed by atoms with van der Waals surface area (Å²) in [5.74, 6) is 0. The lowest BCUT2D eigenvalue weighted by Gasteiger charge is -2.11. The van der Waals surface area contributed by atoms with Crippen LogP contribution in [0.25, 0.3) is 0 Å². The number of aromatic nitrogens is 1. The number of hydrogen-bond acceptors (Lipinski definition) is 3. The standard InChI is InChI=1S/C13H16N2S/c1-9-5-4-6-10(2)13(9)14-7-12-11(3)15-8-16-12/h4-6,8,14H,7H2,1-3H3. The van der Waals surface area contributed by atoms with Crippen LogP contribution in [-0.2, 0) is 6.54 Å². The van der Waals surface area contributed by atoms with Crippen LogP contribution in [0.2, 0.25) is 0 Å². The molecule has 16 heavy (non-hydrogen) atoms. The number of thiazole rings is 1. The summed E-state index contributed by atoms with van der Waals surface area (Å²) < 4.78 is 0. The average Bonchev–Trinajstić information content (AvgIpc) is 2.64. The highest BCUT2D eigenvalue weighted by molar-refractivity contribution is 7.09. The normalized spacial score (nSPS) is 10.4. The summed E-state index contributed by atoms with van der Waals surface area (Å²) in [5.41, 5.74) is 6.86. The minimum Gasteiger partial charge on any atom is -0.380 e. The molecule has 0 amide bonds. The number of aryl methyl sites for hydroxylation is 3. The van der Waals surface area contributed by atoms with Crippen LogP contribution in [0.3, 0.4) is 0 Å². The Labute approximate surface area is 100 Å². The quantitative estimate of drug-likeness (QED) is 0.873. The molecule has 0 aliphatic carbocycles. The maximum absolute atomic E-state index is 4.25. The molecule has 0 unspecified atom stereocenters. The number of anilines is 1. The molecular weight excluding hydrogens is 216 g/mol. The number of nitrogens with zero attached hydrogens (tertiary/aromatic N) is 1. The summed E-state index contributed by atoms with van der Waals surface area (Å²) in [6.07, 6.45) is 0. The van der Waals surface area contributed by atoms with Gasteiger partial charge in [0.2, 0.25) is 0 Å². The molecule has 0 spiro atoms. The molecule has 1 aromatic heterocycles. The van der Waals surface area contributed by atoms with Crippen molar-refractivity contribution in [3.63, 3.8) is 0 Å². The first-order valence-corrected chi connectivity index (χ1v) is 6.25. The van der Waals surface area contributed by atoms with Gasteiger partial charge in [0.05, 0.1) is 17.7 Å². The van der Waals surface area contributed by atoms with Gasteiger partial charge < -0.3 is 5.32 Å². The smallest absolute Gasteiger partial charge is 0.0798 e. The summed E-state index contributed by atoms with van der Waals surface area (Å²) in [4.78, 5) is 5.56. The zero-order chi connectivity index (χ0) is 11.5. The van der Waals surface area contributed by atoms with Crippen molar-refractivity contribution in [2.45, 2.75) is 27.3 Å². The van der Waals surface area contributed by atoms with E-state index in [0.29, 0.717) is 0 Å². The topological polar surface area (TPSA) is 24.9 Å². The molecular formula is C13H16N2S. The van der Waals surface area contributed by atoms with Crippen LogP contribution < -0.4 is 5.32 Å². The molecule has 84 valence electrons. The van der Waals surface area contributed by atoms with E-state index in [0.717, 1.165) is 12.2 Å². The van der Waals surface area contributed by atoms with Gasteiger partial charge in [-0.15, -0.1) is 11.3 Å². The van der Waals surface area contributed by atoms with Gasteiger partial charge >= 0.3 is 0 Å². The van der Waals surface area contributed by atoms with Crippen LogP contribution in [0.1, 0.15) is 21.7 Å². The van der Waals surface area contributed by atoms with Gasteiger partial charge in [0, 0.05) is 10.6 Å². The molecule has 2 aromatic rings. The lowest BCUT2D eigenvalue weighted by Crippen LogP contribution is -2.02. The van der Waals surface area contributed by atoms with Gasteiger partial charge in [-0.1, -0.05) is 18.2 Å². The van der Waals surface area contributed by atoms with Crippen molar-refractivity contribution in [2.24, 2.45) is 0 Å². The maximum atomic E-state index is 4.25. The van der Waals surface area contributed by atoms with Crippen molar-refractivity contribution in [2.75, 3.05) is 5.32 Å². The first-order valence-electron chi connectivity index (χ1n) is 5.37. The van der Waals surface area contributed by atoms with Gasteiger partial charge in [0.1, 0.15) is 0 Å². The maximum Gasteiger partial charge on any atom is 0.0798 e. The number of hydrogen-bond donors (Lipinski definition) is 1. The monoisotopic (exact) mass is 232 g/mol. The Hall–Kier alpha value is -1.35. The average molecular weight is 232 g/mol. The molecule has 0 aliphatic rings. The Morgan fingerprint density at radius 2 is 1.88 bits per heavy atom. The molecule has 0 saturated carbocycles.